The highest BCUT2D eigenvalue weighted by Crippen LogP contribution is 1.86. The van der Waals surface area contributed by atoms with Crippen LogP contribution in [0.5, 0.6) is 0 Å². The van der Waals surface area contributed by atoms with E-state index in [1.807, 2.05) is 0 Å². The number of carbonyl (C=O) groups excluding carboxylic acids is 1. The highest BCUT2D eigenvalue weighted by Gasteiger charge is 1.98. The first-order chi connectivity index (χ1) is 4.24. The van der Waals surface area contributed by atoms with E-state index in [1.165, 1.54) is 7.05 Å². The quantitative estimate of drug-likeness (QED) is 0.490. The zero-order chi connectivity index (χ0) is 6.85. The minimum atomic E-state index is -0.500. The highest BCUT2D eigenvalue weighted by atomic mass is 16.5. The van der Waals surface area contributed by atoms with E-state index in [-0.39, 0.29) is 5.69 Å². The molecule has 0 atom stereocenters. The molecule has 0 aromatic carbocycles. The van der Waals surface area contributed by atoms with E-state index in [0.717, 1.165) is 10.8 Å². The number of nitrogens with zero attached hydrogens (tertiary/aromatic N) is 1. The fraction of sp³-hybridized carbons (Fsp3) is 0.200. The lowest BCUT2D eigenvalue weighted by molar-refractivity contribution is 0.110. The van der Waals surface area contributed by atoms with Crippen molar-refractivity contribution >= 4 is 6.29 Å². The maximum atomic E-state index is 10.3. The largest absolute Gasteiger partial charge is 0.358 e. The molecule has 1 rings (SSSR count). The Morgan fingerprint density at radius 1 is 1.78 bits per heavy atom. The summed E-state index contributed by atoms with van der Waals surface area (Å²) in [5.74, 6) is 0. The Morgan fingerprint density at radius 3 is 2.67 bits per heavy atom. The zero-order valence-corrected chi connectivity index (χ0v) is 4.83. The number of hydrogen-bond acceptors (Lipinski definition) is 3. The molecule has 9 heavy (non-hydrogen) atoms. The maximum Gasteiger partial charge on any atom is 0.358 e. The average Bonchev–Trinajstić information content (AvgIpc) is 2.10. The summed E-state index contributed by atoms with van der Waals surface area (Å²) in [5.41, 5.74) is -0.250. The summed E-state index contributed by atoms with van der Waals surface area (Å²) >= 11 is 0. The Labute approximate surface area is 50.7 Å². The fourth-order valence-corrected chi connectivity index (χ4v) is 0.534. The van der Waals surface area contributed by atoms with Gasteiger partial charge in [0.2, 0.25) is 0 Å². The van der Waals surface area contributed by atoms with Crippen molar-refractivity contribution in [3.05, 3.63) is 22.2 Å². The second-order valence-corrected chi connectivity index (χ2v) is 1.59. The summed E-state index contributed by atoms with van der Waals surface area (Å²) in [5, 5.41) is 0. The molecule has 0 radical (unpaired) electrons. The van der Waals surface area contributed by atoms with Gasteiger partial charge in [0.05, 0.1) is 6.07 Å². The summed E-state index contributed by atoms with van der Waals surface area (Å²) in [7, 11) is 1.49. The molecule has 0 amide bonds. The summed E-state index contributed by atoms with van der Waals surface area (Å²) in [6, 6.07) is 1.13. The Morgan fingerprint density at radius 2 is 2.44 bits per heavy atom. The molecule has 48 valence electrons. The SMILES string of the molecule is Cn1oc(=O)cc1C=O. The predicted molar refractivity (Wildman–Crippen MR) is 29.3 cm³/mol. The number of aldehydes is 1. The van der Waals surface area contributed by atoms with Crippen LogP contribution in [0, 0.1) is 0 Å². The van der Waals surface area contributed by atoms with Gasteiger partial charge in [0, 0.05) is 7.05 Å². The van der Waals surface area contributed by atoms with Gasteiger partial charge < -0.3 is 4.52 Å². The lowest BCUT2D eigenvalue weighted by Crippen LogP contribution is -1.91. The molecule has 0 aliphatic rings. The van der Waals surface area contributed by atoms with E-state index in [0.29, 0.717) is 6.29 Å². The number of carbonyl (C=O) groups is 1. The number of hydrogen-bond donors (Lipinski definition) is 0. The predicted octanol–water partition coefficient (Wildman–Crippen LogP) is -0.209. The Kier molecular flexibility index (Phi) is 1.22. The molecule has 0 N–H and O–H groups in total. The van der Waals surface area contributed by atoms with Crippen LogP contribution in [0.25, 0.3) is 0 Å². The molecule has 1 aromatic rings. The first-order valence-corrected chi connectivity index (χ1v) is 2.36. The minimum Gasteiger partial charge on any atom is -0.336 e. The van der Waals surface area contributed by atoms with Crippen LogP contribution in [-0.2, 0) is 7.05 Å². The van der Waals surface area contributed by atoms with Crippen molar-refractivity contribution in [2.45, 2.75) is 0 Å². The molecule has 0 saturated heterocycles. The van der Waals surface area contributed by atoms with Gasteiger partial charge in [0.25, 0.3) is 0 Å². The average molecular weight is 127 g/mol. The molecule has 0 aliphatic heterocycles. The van der Waals surface area contributed by atoms with Crippen molar-refractivity contribution in [3.8, 4) is 0 Å². The van der Waals surface area contributed by atoms with Crippen molar-refractivity contribution in [3.63, 3.8) is 0 Å². The van der Waals surface area contributed by atoms with E-state index in [9.17, 15) is 9.59 Å². The van der Waals surface area contributed by atoms with Gasteiger partial charge in [-0.15, -0.1) is 0 Å². The standard InChI is InChI=1S/C5H5NO3/c1-6-4(3-7)2-5(8)9-6/h2-3H,1H3. The van der Waals surface area contributed by atoms with Crippen molar-refractivity contribution in [2.24, 2.45) is 7.05 Å². The molecule has 1 heterocycles. The van der Waals surface area contributed by atoms with E-state index in [1.54, 1.807) is 0 Å². The van der Waals surface area contributed by atoms with Crippen LogP contribution in [0.2, 0.25) is 0 Å². The summed E-state index contributed by atoms with van der Waals surface area (Å²) in [4.78, 5) is 20.3. The van der Waals surface area contributed by atoms with E-state index in [2.05, 4.69) is 4.52 Å². The summed E-state index contributed by atoms with van der Waals surface area (Å²) < 4.78 is 5.56. The van der Waals surface area contributed by atoms with Gasteiger partial charge in [-0.1, -0.05) is 0 Å². The van der Waals surface area contributed by atoms with E-state index >= 15 is 0 Å². The fourth-order valence-electron chi connectivity index (χ4n) is 0.534. The minimum absolute atomic E-state index is 0.250. The van der Waals surface area contributed by atoms with Crippen LogP contribution in [0.15, 0.2) is 15.4 Å². The molecule has 4 nitrogen and oxygen atoms in total. The second kappa shape index (κ2) is 1.89. The second-order valence-electron chi connectivity index (χ2n) is 1.59. The number of rotatable bonds is 1. The summed E-state index contributed by atoms with van der Waals surface area (Å²) in [6.45, 7) is 0. The lowest BCUT2D eigenvalue weighted by atomic mass is 10.5. The summed E-state index contributed by atoms with van der Waals surface area (Å²) in [6.07, 6.45) is 0.560. The normalized spacial score (nSPS) is 9.44. The van der Waals surface area contributed by atoms with Gasteiger partial charge in [-0.25, -0.2) is 9.53 Å². The molecule has 0 aliphatic carbocycles. The third kappa shape index (κ3) is 0.910. The molecule has 0 bridgehead atoms. The first kappa shape index (κ1) is 5.81. The van der Waals surface area contributed by atoms with Gasteiger partial charge in [0.1, 0.15) is 5.69 Å². The van der Waals surface area contributed by atoms with Crippen molar-refractivity contribution < 1.29 is 9.32 Å². The van der Waals surface area contributed by atoms with Crippen LogP contribution in [-0.4, -0.2) is 11.0 Å². The molecule has 0 fully saturated rings. The van der Waals surface area contributed by atoms with Gasteiger partial charge in [-0.3, -0.25) is 4.79 Å². The maximum absolute atomic E-state index is 10.3. The van der Waals surface area contributed by atoms with Crippen LogP contribution >= 0.6 is 0 Å². The van der Waals surface area contributed by atoms with Crippen molar-refractivity contribution in [2.75, 3.05) is 0 Å². The van der Waals surface area contributed by atoms with Gasteiger partial charge >= 0.3 is 5.63 Å². The zero-order valence-electron chi connectivity index (χ0n) is 4.83. The number of aromatic nitrogens is 1. The topological polar surface area (TPSA) is 52.2 Å². The van der Waals surface area contributed by atoms with Crippen LogP contribution in [0.4, 0.5) is 0 Å². The van der Waals surface area contributed by atoms with Crippen LogP contribution < -0.4 is 5.63 Å². The lowest BCUT2D eigenvalue weighted by Gasteiger charge is -1.85. The molecule has 4 heteroatoms. The van der Waals surface area contributed by atoms with Crippen molar-refractivity contribution in [1.82, 2.24) is 4.74 Å². The molecular formula is C5H5NO3. The van der Waals surface area contributed by atoms with Gasteiger partial charge in [0.15, 0.2) is 6.29 Å². The number of aryl methyl sites for hydroxylation is 1. The van der Waals surface area contributed by atoms with Crippen molar-refractivity contribution in [1.29, 1.82) is 0 Å². The first-order valence-electron chi connectivity index (χ1n) is 2.36. The van der Waals surface area contributed by atoms with E-state index < -0.39 is 5.63 Å². The van der Waals surface area contributed by atoms with Crippen LogP contribution in [0.1, 0.15) is 10.5 Å². The Balaban J connectivity index is 3.31. The Hall–Kier alpha value is -1.32. The molecular weight excluding hydrogens is 122 g/mol. The van der Waals surface area contributed by atoms with Crippen LogP contribution in [0.3, 0.4) is 0 Å². The molecule has 0 saturated carbocycles. The van der Waals surface area contributed by atoms with E-state index in [4.69, 9.17) is 0 Å². The van der Waals surface area contributed by atoms with Gasteiger partial charge in [-0.2, -0.15) is 0 Å². The highest BCUT2D eigenvalue weighted by molar-refractivity contribution is 5.71. The third-order valence-electron chi connectivity index (χ3n) is 0.977. The third-order valence-corrected chi connectivity index (χ3v) is 0.977. The molecule has 0 unspecified atom stereocenters. The molecule has 1 aromatic heterocycles. The Bertz CT molecular complexity index is 270. The monoisotopic (exact) mass is 127 g/mol. The molecule has 0 spiro atoms. The van der Waals surface area contributed by atoms with Gasteiger partial charge in [-0.05, 0) is 0 Å². The smallest absolute Gasteiger partial charge is 0.336 e.